The van der Waals surface area contributed by atoms with E-state index in [0.29, 0.717) is 12.6 Å². The van der Waals surface area contributed by atoms with Crippen LogP contribution in [0.4, 0.5) is 0 Å². The van der Waals surface area contributed by atoms with E-state index in [9.17, 15) is 0 Å². The Hall–Kier alpha value is -1.85. The fourth-order valence-electron chi connectivity index (χ4n) is 3.24. The van der Waals surface area contributed by atoms with Gasteiger partial charge in [0.05, 0.1) is 12.2 Å². The molecule has 1 atom stereocenters. The third-order valence-electron chi connectivity index (χ3n) is 4.52. The topological polar surface area (TPSA) is 50.5 Å². The molecule has 3 rings (SSSR count). The summed E-state index contributed by atoms with van der Waals surface area (Å²) in [6.07, 6.45) is 7.72. The quantitative estimate of drug-likeness (QED) is 0.889. The summed E-state index contributed by atoms with van der Waals surface area (Å²) in [5.74, 6) is 1.70. The molecule has 1 N–H and O–H groups in total. The summed E-state index contributed by atoms with van der Waals surface area (Å²) in [7, 11) is 2.21. The molecule has 23 heavy (non-hydrogen) atoms. The van der Waals surface area contributed by atoms with Crippen LogP contribution in [0.3, 0.4) is 0 Å². The van der Waals surface area contributed by atoms with Crippen molar-refractivity contribution in [1.29, 1.82) is 0 Å². The fourth-order valence-corrected chi connectivity index (χ4v) is 3.24. The second-order valence-corrected chi connectivity index (χ2v) is 6.10. The van der Waals surface area contributed by atoms with Crippen molar-refractivity contribution in [2.24, 2.45) is 0 Å². The summed E-state index contributed by atoms with van der Waals surface area (Å²) in [5, 5.41) is 9.00. The molecule has 5 nitrogen and oxygen atoms in total. The Bertz CT molecular complexity index is 626. The van der Waals surface area contributed by atoms with Crippen LogP contribution in [0.1, 0.15) is 19.3 Å². The second-order valence-electron chi connectivity index (χ2n) is 6.10. The van der Waals surface area contributed by atoms with Crippen LogP contribution in [0.2, 0.25) is 0 Å². The SMILES string of the molecule is CN1CCCCC1Cn1ccnc1-c1ccccc1OCCO. The minimum atomic E-state index is 0.00957. The molecule has 124 valence electrons. The smallest absolute Gasteiger partial charge is 0.143 e. The van der Waals surface area contributed by atoms with E-state index in [2.05, 4.69) is 21.5 Å². The number of aliphatic hydroxyl groups excluding tert-OH is 1. The van der Waals surface area contributed by atoms with Crippen molar-refractivity contribution in [3.8, 4) is 17.1 Å². The summed E-state index contributed by atoms with van der Waals surface area (Å²) in [6.45, 7) is 2.42. The van der Waals surface area contributed by atoms with Gasteiger partial charge in [0.2, 0.25) is 0 Å². The molecule has 1 aromatic heterocycles. The van der Waals surface area contributed by atoms with Crippen molar-refractivity contribution in [2.75, 3.05) is 26.8 Å². The first-order valence-electron chi connectivity index (χ1n) is 8.34. The molecule has 1 unspecified atom stereocenters. The monoisotopic (exact) mass is 315 g/mol. The lowest BCUT2D eigenvalue weighted by atomic mass is 10.0. The summed E-state index contributed by atoms with van der Waals surface area (Å²) < 4.78 is 7.88. The van der Waals surface area contributed by atoms with Crippen LogP contribution in [0, 0.1) is 0 Å². The van der Waals surface area contributed by atoms with Crippen LogP contribution in [-0.2, 0) is 6.54 Å². The number of hydrogen-bond donors (Lipinski definition) is 1. The van der Waals surface area contributed by atoms with Crippen molar-refractivity contribution in [3.05, 3.63) is 36.7 Å². The number of likely N-dealkylation sites (N-methyl/N-ethyl adjacent to an activating group) is 1. The van der Waals surface area contributed by atoms with Gasteiger partial charge in [0, 0.05) is 25.0 Å². The average Bonchev–Trinajstić information content (AvgIpc) is 3.03. The van der Waals surface area contributed by atoms with Crippen molar-refractivity contribution < 1.29 is 9.84 Å². The summed E-state index contributed by atoms with van der Waals surface area (Å²) in [6, 6.07) is 8.44. The summed E-state index contributed by atoms with van der Waals surface area (Å²) in [4.78, 5) is 6.99. The summed E-state index contributed by atoms with van der Waals surface area (Å²) in [5.41, 5.74) is 0.976. The van der Waals surface area contributed by atoms with Gasteiger partial charge in [-0.05, 0) is 38.6 Å². The standard InChI is InChI=1S/C18H25N3O2/c1-20-10-5-4-6-15(20)14-21-11-9-19-18(21)16-7-2-3-8-17(16)23-13-12-22/h2-3,7-9,11,15,22H,4-6,10,12-14H2,1H3. The molecule has 2 aromatic rings. The number of piperidine rings is 1. The number of aromatic nitrogens is 2. The van der Waals surface area contributed by atoms with Crippen molar-refractivity contribution in [3.63, 3.8) is 0 Å². The Morgan fingerprint density at radius 1 is 1.30 bits per heavy atom. The first-order chi connectivity index (χ1) is 11.3. The maximum atomic E-state index is 9.00. The van der Waals surface area contributed by atoms with Gasteiger partial charge >= 0.3 is 0 Å². The Balaban J connectivity index is 1.83. The van der Waals surface area contributed by atoms with Crippen LogP contribution in [0.25, 0.3) is 11.4 Å². The van der Waals surface area contributed by atoms with Gasteiger partial charge < -0.3 is 19.3 Å². The van der Waals surface area contributed by atoms with E-state index in [-0.39, 0.29) is 6.61 Å². The maximum absolute atomic E-state index is 9.00. The third-order valence-corrected chi connectivity index (χ3v) is 4.52. The molecule has 1 aliphatic heterocycles. The van der Waals surface area contributed by atoms with Crippen molar-refractivity contribution in [1.82, 2.24) is 14.5 Å². The number of para-hydroxylation sites is 1. The number of rotatable bonds is 6. The van der Waals surface area contributed by atoms with Gasteiger partial charge in [-0.25, -0.2) is 4.98 Å². The molecule has 1 saturated heterocycles. The Kier molecular flexibility index (Phi) is 5.31. The van der Waals surface area contributed by atoms with Crippen molar-refractivity contribution in [2.45, 2.75) is 31.8 Å². The normalized spacial score (nSPS) is 19.0. The van der Waals surface area contributed by atoms with Gasteiger partial charge in [-0.1, -0.05) is 18.6 Å². The lowest BCUT2D eigenvalue weighted by molar-refractivity contribution is 0.168. The molecule has 0 radical (unpaired) electrons. The maximum Gasteiger partial charge on any atom is 0.143 e. The summed E-state index contributed by atoms with van der Waals surface area (Å²) >= 11 is 0. The Labute approximate surface area is 137 Å². The van der Waals surface area contributed by atoms with Crippen LogP contribution >= 0.6 is 0 Å². The highest BCUT2D eigenvalue weighted by atomic mass is 16.5. The highest BCUT2D eigenvalue weighted by Gasteiger charge is 2.21. The van der Waals surface area contributed by atoms with E-state index in [0.717, 1.165) is 23.7 Å². The molecule has 0 saturated carbocycles. The molecule has 0 bridgehead atoms. The number of likely N-dealkylation sites (tertiary alicyclic amines) is 1. The molecular weight excluding hydrogens is 290 g/mol. The second kappa shape index (κ2) is 7.62. The van der Waals surface area contributed by atoms with Crippen molar-refractivity contribution >= 4 is 0 Å². The predicted octanol–water partition coefficient (Wildman–Crippen LogP) is 2.41. The predicted molar refractivity (Wildman–Crippen MR) is 90.5 cm³/mol. The minimum absolute atomic E-state index is 0.00957. The zero-order chi connectivity index (χ0) is 16.1. The number of hydrogen-bond acceptors (Lipinski definition) is 4. The lowest BCUT2D eigenvalue weighted by Crippen LogP contribution is -2.39. The molecule has 1 aromatic carbocycles. The van der Waals surface area contributed by atoms with Gasteiger partial charge in [-0.3, -0.25) is 0 Å². The van der Waals surface area contributed by atoms with Crippen LogP contribution in [-0.4, -0.2) is 52.4 Å². The zero-order valence-electron chi connectivity index (χ0n) is 13.7. The first kappa shape index (κ1) is 16.0. The Morgan fingerprint density at radius 2 is 2.17 bits per heavy atom. The largest absolute Gasteiger partial charge is 0.490 e. The van der Waals surface area contributed by atoms with E-state index < -0.39 is 0 Å². The Morgan fingerprint density at radius 3 is 3.00 bits per heavy atom. The highest BCUT2D eigenvalue weighted by molar-refractivity contribution is 5.64. The van der Waals surface area contributed by atoms with Crippen LogP contribution in [0.5, 0.6) is 5.75 Å². The number of ether oxygens (including phenoxy) is 1. The molecule has 0 amide bonds. The van der Waals surface area contributed by atoms with E-state index >= 15 is 0 Å². The van der Waals surface area contributed by atoms with Crippen LogP contribution < -0.4 is 4.74 Å². The molecular formula is C18H25N3O2. The minimum Gasteiger partial charge on any atom is -0.490 e. The van der Waals surface area contributed by atoms with Gasteiger partial charge in [0.25, 0.3) is 0 Å². The molecule has 5 heteroatoms. The molecule has 2 heterocycles. The third kappa shape index (κ3) is 3.74. The first-order valence-corrected chi connectivity index (χ1v) is 8.34. The van der Waals surface area contributed by atoms with E-state index in [1.807, 2.05) is 36.7 Å². The van der Waals surface area contributed by atoms with E-state index in [4.69, 9.17) is 9.84 Å². The van der Waals surface area contributed by atoms with Crippen LogP contribution in [0.15, 0.2) is 36.7 Å². The molecule has 0 spiro atoms. The molecule has 1 aliphatic rings. The average molecular weight is 315 g/mol. The highest BCUT2D eigenvalue weighted by Crippen LogP contribution is 2.29. The molecule has 0 aliphatic carbocycles. The number of imidazole rings is 1. The lowest BCUT2D eigenvalue weighted by Gasteiger charge is -2.33. The zero-order valence-corrected chi connectivity index (χ0v) is 13.7. The number of aliphatic hydroxyl groups is 1. The fraction of sp³-hybridized carbons (Fsp3) is 0.500. The number of benzene rings is 1. The van der Waals surface area contributed by atoms with Gasteiger partial charge in [-0.15, -0.1) is 0 Å². The van der Waals surface area contributed by atoms with E-state index in [1.165, 1.54) is 25.8 Å². The number of nitrogens with zero attached hydrogens (tertiary/aromatic N) is 3. The van der Waals surface area contributed by atoms with Gasteiger partial charge in [0.1, 0.15) is 18.2 Å². The van der Waals surface area contributed by atoms with E-state index in [1.54, 1.807) is 0 Å². The van der Waals surface area contributed by atoms with Gasteiger partial charge in [-0.2, -0.15) is 0 Å². The van der Waals surface area contributed by atoms with Gasteiger partial charge in [0.15, 0.2) is 0 Å². The molecule has 1 fully saturated rings.